The van der Waals surface area contributed by atoms with E-state index in [4.69, 9.17) is 17.8 Å². The number of alkyl halides is 2. The number of rotatable bonds is 9. The number of carbonyl (C=O) groups is 1. The molecule has 3 aromatic rings. The zero-order chi connectivity index (χ0) is 38.3. The standard InChI is InChI=1S/C28H30F3NO5/c1-4-26(2,3)24-10-17-9-16(20(29)13-21(17)32(24)14-19(34)15-33)11-25(35)27(7-8-27)18-5-6-22-23(12-18)37-28(30,31)36-22/h5-6,9-10,12-13,19,33-34H,4,7-8,11,14-15H2,1-3H3/t19-/m1/s1/i4D2,5D,6D,7D2,8D2,12D,14D2,15D2. The normalized spacial score (nSPS) is 27.3. The smallest absolute Gasteiger partial charge is 0.395 e. The molecule has 1 fully saturated rings. The van der Waals surface area contributed by atoms with Crippen molar-refractivity contribution in [2.24, 2.45) is 0 Å². The third-order valence-corrected chi connectivity index (χ3v) is 6.32. The van der Waals surface area contributed by atoms with Crippen molar-refractivity contribution in [3.8, 4) is 11.5 Å². The highest BCUT2D eigenvalue weighted by atomic mass is 19.3. The van der Waals surface area contributed by atoms with Crippen molar-refractivity contribution in [2.75, 3.05) is 6.56 Å². The van der Waals surface area contributed by atoms with Crippen LogP contribution in [0.3, 0.4) is 0 Å². The van der Waals surface area contributed by atoms with E-state index in [2.05, 4.69) is 9.47 Å². The number of aromatic nitrogens is 1. The molecule has 2 heterocycles. The number of hydrogen-bond donors (Lipinski definition) is 2. The number of ether oxygens (including phenoxy) is 2. The molecule has 1 aromatic heterocycles. The van der Waals surface area contributed by atoms with Gasteiger partial charge in [-0.2, -0.15) is 0 Å². The lowest BCUT2D eigenvalue weighted by Gasteiger charge is -2.26. The quantitative estimate of drug-likeness (QED) is 0.408. The number of hydrogen-bond acceptors (Lipinski definition) is 5. The Morgan fingerprint density at radius 3 is 2.62 bits per heavy atom. The van der Waals surface area contributed by atoms with Gasteiger partial charge in [0.05, 0.1) is 39.7 Å². The number of aliphatic hydroxyl groups excluding tert-OH is 1. The van der Waals surface area contributed by atoms with Crippen LogP contribution in [0.25, 0.3) is 10.9 Å². The maximum atomic E-state index is 15.9. The number of Topliss-reactive ketones (excluding diaryl/α,β-unsaturated/α-hetero) is 1. The lowest BCUT2D eigenvalue weighted by molar-refractivity contribution is -0.286. The molecule has 2 N–H and O–H groups in total. The summed E-state index contributed by atoms with van der Waals surface area (Å²) >= 11 is 0. The van der Waals surface area contributed by atoms with Crippen LogP contribution in [-0.2, 0) is 28.5 Å². The van der Waals surface area contributed by atoms with Crippen LogP contribution >= 0.6 is 0 Å². The third-order valence-electron chi connectivity index (χ3n) is 6.32. The Bertz CT molecular complexity index is 1940. The summed E-state index contributed by atoms with van der Waals surface area (Å²) in [5, 5.41) is 20.2. The average molecular weight is 531 g/mol. The second-order valence-corrected chi connectivity index (χ2v) is 9.08. The van der Waals surface area contributed by atoms with E-state index >= 15 is 4.39 Å². The van der Waals surface area contributed by atoms with Gasteiger partial charge in [0.25, 0.3) is 0 Å². The number of nitrogens with zero attached hydrogens (tertiary/aromatic N) is 1. The summed E-state index contributed by atoms with van der Waals surface area (Å²) < 4.78 is 160. The first kappa shape index (κ1) is 14.2. The summed E-state index contributed by atoms with van der Waals surface area (Å²) in [6.07, 6.45) is -17.0. The first-order valence-electron chi connectivity index (χ1n) is 17.5. The Balaban J connectivity index is 1.71. The van der Waals surface area contributed by atoms with Gasteiger partial charge in [-0.1, -0.05) is 26.8 Å². The van der Waals surface area contributed by atoms with Gasteiger partial charge in [-0.3, -0.25) is 4.79 Å². The molecule has 0 bridgehead atoms. The largest absolute Gasteiger partial charge is 0.586 e. The lowest BCUT2D eigenvalue weighted by Crippen LogP contribution is -2.26. The van der Waals surface area contributed by atoms with E-state index in [9.17, 15) is 23.8 Å². The van der Waals surface area contributed by atoms with Gasteiger partial charge in [0.15, 0.2) is 11.5 Å². The highest BCUT2D eigenvalue weighted by Gasteiger charge is 2.52. The van der Waals surface area contributed by atoms with Crippen molar-refractivity contribution in [1.29, 1.82) is 0 Å². The second-order valence-electron chi connectivity index (χ2n) is 9.08. The van der Waals surface area contributed by atoms with Gasteiger partial charge in [-0.05, 0) is 60.5 Å². The van der Waals surface area contributed by atoms with Crippen molar-refractivity contribution in [3.63, 3.8) is 0 Å². The van der Waals surface area contributed by atoms with E-state index in [1.54, 1.807) is 0 Å². The van der Waals surface area contributed by atoms with Crippen LogP contribution in [-0.4, -0.2) is 39.5 Å². The first-order chi connectivity index (χ1) is 22.3. The van der Waals surface area contributed by atoms with Crippen molar-refractivity contribution < 1.29 is 55.5 Å². The Kier molecular flexibility index (Phi) is 3.37. The van der Waals surface area contributed by atoms with Gasteiger partial charge in [0.2, 0.25) is 0 Å². The number of aliphatic hydroxyl groups is 2. The molecule has 0 saturated heterocycles. The van der Waals surface area contributed by atoms with Crippen molar-refractivity contribution in [1.82, 2.24) is 4.57 Å². The average Bonchev–Trinajstić information content (AvgIpc) is 3.30. The third kappa shape index (κ3) is 4.48. The number of carbonyl (C=O) groups excluding carboxylic acids is 1. The number of benzene rings is 2. The summed E-state index contributed by atoms with van der Waals surface area (Å²) in [6.45, 7) is -2.96. The summed E-state index contributed by atoms with van der Waals surface area (Å²) in [6, 6.07) is -0.791. The molecule has 0 spiro atoms. The highest BCUT2D eigenvalue weighted by Crippen LogP contribution is 2.52. The maximum Gasteiger partial charge on any atom is 0.586 e. The van der Waals surface area contributed by atoms with Crippen LogP contribution in [0.15, 0.2) is 36.3 Å². The molecule has 9 heteroatoms. The molecular formula is C28H30F3NO5. The van der Waals surface area contributed by atoms with Crippen LogP contribution in [0.1, 0.15) is 74.5 Å². The zero-order valence-corrected chi connectivity index (χ0v) is 19.7. The minimum atomic E-state index is -4.40. The van der Waals surface area contributed by atoms with Gasteiger partial charge in [0, 0.05) is 31.1 Å². The SMILES string of the molecule is [2H]c1c([2H])c(C2(C(=O)Cc3cc4cc(C(C)(C)C([2H])([2H])C)n(C([2H])([2H])[C@@H](O)C([2H])([2H])O)c4cc3F)C([2H])([2H])C2([2H])[2H])c([2H])c2c1OC(F)(F)O2. The fourth-order valence-electron chi connectivity index (χ4n) is 4.03. The summed E-state index contributed by atoms with van der Waals surface area (Å²) in [5.74, 6) is -4.97. The maximum absolute atomic E-state index is 15.9. The molecule has 2 aromatic carbocycles. The molecule has 0 radical (unpaired) electrons. The number of halogens is 3. The Labute approximate surface area is 230 Å². The van der Waals surface area contributed by atoms with Crippen molar-refractivity contribution >= 4 is 16.7 Å². The molecule has 198 valence electrons. The molecule has 0 amide bonds. The molecule has 37 heavy (non-hydrogen) atoms. The number of ketones is 1. The van der Waals surface area contributed by atoms with Gasteiger partial charge in [0.1, 0.15) is 11.6 Å². The Hall–Kier alpha value is -3.04. The number of fused-ring (bicyclic) bond motifs is 2. The summed E-state index contributed by atoms with van der Waals surface area (Å²) in [7, 11) is 0. The summed E-state index contributed by atoms with van der Waals surface area (Å²) in [4.78, 5) is 14.1. The monoisotopic (exact) mass is 530 g/mol. The van der Waals surface area contributed by atoms with Crippen LogP contribution in [0.5, 0.6) is 11.5 Å². The van der Waals surface area contributed by atoms with Gasteiger partial charge in [-0.25, -0.2) is 4.39 Å². The highest BCUT2D eigenvalue weighted by molar-refractivity contribution is 5.95. The molecule has 6 nitrogen and oxygen atoms in total. The van der Waals surface area contributed by atoms with Crippen LogP contribution in [0.2, 0.25) is 0 Å². The van der Waals surface area contributed by atoms with E-state index < -0.39 is 120 Å². The molecule has 1 aliphatic carbocycles. The Morgan fingerprint density at radius 2 is 1.97 bits per heavy atom. The van der Waals surface area contributed by atoms with E-state index in [1.807, 2.05) is 0 Å². The van der Waals surface area contributed by atoms with Gasteiger partial charge >= 0.3 is 6.29 Å². The Morgan fingerprint density at radius 1 is 1.27 bits per heavy atom. The molecular weight excluding hydrogens is 487 g/mol. The van der Waals surface area contributed by atoms with Crippen LogP contribution < -0.4 is 9.47 Å². The molecule has 1 saturated carbocycles. The van der Waals surface area contributed by atoms with Crippen molar-refractivity contribution in [2.45, 2.75) is 76.0 Å². The van der Waals surface area contributed by atoms with E-state index in [0.29, 0.717) is 10.6 Å². The summed E-state index contributed by atoms with van der Waals surface area (Å²) in [5.41, 5.74) is -7.10. The van der Waals surface area contributed by atoms with E-state index in [0.717, 1.165) is 13.0 Å². The topological polar surface area (TPSA) is 80.9 Å². The molecule has 1 atom stereocenters. The minimum absolute atomic E-state index is 0.118. The molecule has 5 rings (SSSR count). The first-order valence-corrected chi connectivity index (χ1v) is 11.0. The van der Waals surface area contributed by atoms with Gasteiger partial charge < -0.3 is 24.3 Å². The lowest BCUT2D eigenvalue weighted by atomic mass is 9.86. The van der Waals surface area contributed by atoms with Crippen LogP contribution in [0, 0.1) is 5.82 Å². The molecule has 1 aliphatic heterocycles. The van der Waals surface area contributed by atoms with Crippen molar-refractivity contribution in [3.05, 3.63) is 59.0 Å². The zero-order valence-electron chi connectivity index (χ0n) is 32.7. The predicted molar refractivity (Wildman–Crippen MR) is 131 cm³/mol. The molecule has 0 unspecified atom stereocenters. The fourth-order valence-corrected chi connectivity index (χ4v) is 4.03. The predicted octanol–water partition coefficient (Wildman–Crippen LogP) is 4.99. The minimum Gasteiger partial charge on any atom is -0.395 e. The van der Waals surface area contributed by atoms with Gasteiger partial charge in [-0.15, -0.1) is 8.78 Å². The second kappa shape index (κ2) is 8.77. The van der Waals surface area contributed by atoms with Crippen LogP contribution in [0.4, 0.5) is 13.2 Å². The molecule has 2 aliphatic rings. The fraction of sp³-hybridized carbons (Fsp3) is 0.464. The van der Waals surface area contributed by atoms with E-state index in [-0.39, 0.29) is 11.1 Å². The van der Waals surface area contributed by atoms with E-state index in [1.165, 1.54) is 19.9 Å².